The summed E-state index contributed by atoms with van der Waals surface area (Å²) in [5.41, 5.74) is 1.13. The first-order valence-corrected chi connectivity index (χ1v) is 8.12. The van der Waals surface area contributed by atoms with E-state index in [1.807, 2.05) is 30.3 Å². The maximum atomic E-state index is 13.2. The fourth-order valence-corrected chi connectivity index (χ4v) is 3.24. The molecule has 0 spiro atoms. The summed E-state index contributed by atoms with van der Waals surface area (Å²) in [6.45, 7) is 0. The summed E-state index contributed by atoms with van der Waals surface area (Å²) in [5.74, 6) is -0.537. The number of ketones is 1. The van der Waals surface area contributed by atoms with E-state index >= 15 is 0 Å². The number of nitrogens with one attached hydrogen (secondary N) is 1. The van der Waals surface area contributed by atoms with Gasteiger partial charge in [0.25, 0.3) is 0 Å². The van der Waals surface area contributed by atoms with Crippen molar-refractivity contribution in [1.82, 2.24) is 5.32 Å². The van der Waals surface area contributed by atoms with Crippen molar-refractivity contribution in [1.29, 1.82) is 0 Å². The molecule has 6 heteroatoms. The number of benzene rings is 2. The predicted molar refractivity (Wildman–Crippen MR) is 92.8 cm³/mol. The molecule has 0 saturated heterocycles. The van der Waals surface area contributed by atoms with E-state index in [4.69, 9.17) is 4.74 Å². The van der Waals surface area contributed by atoms with Crippen molar-refractivity contribution < 1.29 is 22.7 Å². The fraction of sp³-hybridized carbons (Fsp3) is 0.250. The van der Waals surface area contributed by atoms with Crippen LogP contribution < -0.4 is 10.1 Å². The van der Waals surface area contributed by atoms with E-state index in [9.17, 15) is 18.0 Å². The van der Waals surface area contributed by atoms with E-state index < -0.39 is 17.7 Å². The highest BCUT2D eigenvalue weighted by Gasteiger charge is 2.37. The summed E-state index contributed by atoms with van der Waals surface area (Å²) in [4.78, 5) is 13.0. The number of carbonyl (C=O) groups excluding carboxylic acids is 1. The molecule has 2 aromatic rings. The number of hydrogen-bond acceptors (Lipinski definition) is 3. The summed E-state index contributed by atoms with van der Waals surface area (Å²) in [6.07, 6.45) is -4.10. The molecular formula is C20H18F3NO2. The number of carbonyl (C=O) groups is 1. The Kier molecular flexibility index (Phi) is 4.76. The summed E-state index contributed by atoms with van der Waals surface area (Å²) in [7, 11) is 2.97. The zero-order valence-electron chi connectivity index (χ0n) is 14.4. The molecule has 136 valence electrons. The number of alkyl halides is 3. The van der Waals surface area contributed by atoms with Crippen LogP contribution in [0.4, 0.5) is 13.2 Å². The molecule has 0 heterocycles. The third-order valence-electron chi connectivity index (χ3n) is 4.53. The van der Waals surface area contributed by atoms with Crippen LogP contribution in [-0.4, -0.2) is 19.9 Å². The molecule has 1 aliphatic rings. The minimum Gasteiger partial charge on any atom is -0.497 e. The SMILES string of the molecule is CNC1=C(c2cc(OC)cc(C(F)(F)F)c2)C(=O)C(c2ccccc2)C1. The smallest absolute Gasteiger partial charge is 0.416 e. The molecule has 1 N–H and O–H groups in total. The Morgan fingerprint density at radius 1 is 1.12 bits per heavy atom. The Labute approximate surface area is 149 Å². The molecule has 0 fully saturated rings. The largest absolute Gasteiger partial charge is 0.497 e. The second-order valence-corrected chi connectivity index (χ2v) is 6.08. The molecular weight excluding hydrogens is 343 g/mol. The van der Waals surface area contributed by atoms with Crippen LogP contribution >= 0.6 is 0 Å². The Hall–Kier alpha value is -2.76. The van der Waals surface area contributed by atoms with Crippen molar-refractivity contribution in [2.24, 2.45) is 0 Å². The van der Waals surface area contributed by atoms with Gasteiger partial charge in [-0.25, -0.2) is 0 Å². The molecule has 0 radical (unpaired) electrons. The fourth-order valence-electron chi connectivity index (χ4n) is 3.24. The highest BCUT2D eigenvalue weighted by Crippen LogP contribution is 2.42. The number of halogens is 3. The van der Waals surface area contributed by atoms with E-state index in [-0.39, 0.29) is 22.7 Å². The maximum Gasteiger partial charge on any atom is 0.416 e. The lowest BCUT2D eigenvalue weighted by molar-refractivity contribution is -0.137. The number of allylic oxidation sites excluding steroid dienone is 2. The van der Waals surface area contributed by atoms with Crippen molar-refractivity contribution in [3.05, 3.63) is 70.9 Å². The Morgan fingerprint density at radius 2 is 1.81 bits per heavy atom. The average molecular weight is 361 g/mol. The first kappa shape index (κ1) is 18.0. The second-order valence-electron chi connectivity index (χ2n) is 6.08. The number of hydrogen-bond donors (Lipinski definition) is 1. The Morgan fingerprint density at radius 3 is 2.38 bits per heavy atom. The van der Waals surface area contributed by atoms with Gasteiger partial charge in [0.05, 0.1) is 18.6 Å². The van der Waals surface area contributed by atoms with E-state index in [0.29, 0.717) is 12.1 Å². The molecule has 3 rings (SSSR count). The second kappa shape index (κ2) is 6.86. The van der Waals surface area contributed by atoms with Crippen LogP contribution in [0.1, 0.15) is 29.0 Å². The van der Waals surface area contributed by atoms with Gasteiger partial charge in [0.1, 0.15) is 5.75 Å². The van der Waals surface area contributed by atoms with Gasteiger partial charge in [0, 0.05) is 24.7 Å². The number of rotatable bonds is 4. The molecule has 0 amide bonds. The average Bonchev–Trinajstić information content (AvgIpc) is 2.97. The van der Waals surface area contributed by atoms with Crippen LogP contribution in [-0.2, 0) is 11.0 Å². The lowest BCUT2D eigenvalue weighted by atomic mass is 9.92. The first-order chi connectivity index (χ1) is 12.3. The van der Waals surface area contributed by atoms with Crippen molar-refractivity contribution in [3.8, 4) is 5.75 Å². The molecule has 0 saturated carbocycles. The van der Waals surface area contributed by atoms with Gasteiger partial charge >= 0.3 is 6.18 Å². The van der Waals surface area contributed by atoms with Crippen LogP contribution in [0.2, 0.25) is 0 Å². The van der Waals surface area contributed by atoms with Gasteiger partial charge in [0.15, 0.2) is 5.78 Å². The number of ether oxygens (including phenoxy) is 1. The van der Waals surface area contributed by atoms with Gasteiger partial charge in [-0.1, -0.05) is 30.3 Å². The quantitative estimate of drug-likeness (QED) is 0.877. The minimum absolute atomic E-state index is 0.0636. The highest BCUT2D eigenvalue weighted by molar-refractivity contribution is 6.26. The summed E-state index contributed by atoms with van der Waals surface area (Å²) in [6, 6.07) is 12.6. The van der Waals surface area contributed by atoms with Gasteiger partial charge < -0.3 is 10.1 Å². The van der Waals surface area contributed by atoms with Crippen LogP contribution in [0.25, 0.3) is 5.57 Å². The minimum atomic E-state index is -4.52. The van der Waals surface area contributed by atoms with Gasteiger partial charge in [-0.15, -0.1) is 0 Å². The number of Topliss-reactive ketones (excluding diaryl/α,β-unsaturated/α-hetero) is 1. The molecule has 1 atom stereocenters. The summed E-state index contributed by atoms with van der Waals surface area (Å²) in [5, 5.41) is 2.98. The molecule has 0 aromatic heterocycles. The predicted octanol–water partition coefficient (Wildman–Crippen LogP) is 4.40. The van der Waals surface area contributed by atoms with Crippen LogP contribution in [0.5, 0.6) is 5.75 Å². The molecule has 1 aliphatic carbocycles. The molecule has 0 bridgehead atoms. The van der Waals surface area contributed by atoms with Crippen molar-refractivity contribution in [2.45, 2.75) is 18.5 Å². The van der Waals surface area contributed by atoms with E-state index in [2.05, 4.69) is 5.32 Å². The third kappa shape index (κ3) is 3.31. The lowest BCUT2D eigenvalue weighted by Gasteiger charge is -2.13. The normalized spacial score (nSPS) is 17.6. The van der Waals surface area contributed by atoms with Crippen LogP contribution in [0, 0.1) is 0 Å². The molecule has 2 aromatic carbocycles. The summed E-state index contributed by atoms with van der Waals surface area (Å²) < 4.78 is 44.7. The molecule has 3 nitrogen and oxygen atoms in total. The van der Waals surface area contributed by atoms with E-state index in [0.717, 1.165) is 17.7 Å². The molecule has 0 aliphatic heterocycles. The topological polar surface area (TPSA) is 38.3 Å². The lowest BCUT2D eigenvalue weighted by Crippen LogP contribution is -2.10. The summed E-state index contributed by atoms with van der Waals surface area (Å²) >= 11 is 0. The van der Waals surface area contributed by atoms with Crippen LogP contribution in [0.3, 0.4) is 0 Å². The van der Waals surface area contributed by atoms with Gasteiger partial charge in [0.2, 0.25) is 0 Å². The zero-order chi connectivity index (χ0) is 18.9. The zero-order valence-corrected chi connectivity index (χ0v) is 14.4. The third-order valence-corrected chi connectivity index (χ3v) is 4.53. The van der Waals surface area contributed by atoms with Crippen molar-refractivity contribution in [2.75, 3.05) is 14.2 Å². The first-order valence-electron chi connectivity index (χ1n) is 8.12. The van der Waals surface area contributed by atoms with Gasteiger partial charge in [-0.2, -0.15) is 13.2 Å². The van der Waals surface area contributed by atoms with E-state index in [1.54, 1.807) is 7.05 Å². The monoisotopic (exact) mass is 361 g/mol. The van der Waals surface area contributed by atoms with Crippen molar-refractivity contribution in [3.63, 3.8) is 0 Å². The number of methoxy groups -OCH3 is 1. The maximum absolute atomic E-state index is 13.2. The van der Waals surface area contributed by atoms with Gasteiger partial charge in [-0.05, 0) is 29.3 Å². The Balaban J connectivity index is 2.08. The van der Waals surface area contributed by atoms with Crippen LogP contribution in [0.15, 0.2) is 54.2 Å². The Bertz CT molecular complexity index is 857. The van der Waals surface area contributed by atoms with Gasteiger partial charge in [-0.3, -0.25) is 4.79 Å². The standard InChI is InChI=1S/C20H18F3NO2/c1-24-17-11-16(12-6-4-3-5-7-12)19(25)18(17)13-8-14(20(21,22)23)10-15(9-13)26-2/h3-10,16,24H,11H2,1-2H3. The molecule has 1 unspecified atom stereocenters. The van der Waals surface area contributed by atoms with Crippen molar-refractivity contribution >= 4 is 11.4 Å². The highest BCUT2D eigenvalue weighted by atomic mass is 19.4. The van der Waals surface area contributed by atoms with E-state index in [1.165, 1.54) is 13.2 Å². The molecule has 26 heavy (non-hydrogen) atoms.